The molecule has 0 saturated carbocycles. The highest BCUT2D eigenvalue weighted by molar-refractivity contribution is 6.08. The number of nitrogens with one attached hydrogen (secondary N) is 1. The van der Waals surface area contributed by atoms with Gasteiger partial charge in [0.15, 0.2) is 5.82 Å². The van der Waals surface area contributed by atoms with E-state index in [4.69, 9.17) is 4.74 Å². The minimum atomic E-state index is -2.88. The average molecular weight is 484 g/mol. The van der Waals surface area contributed by atoms with E-state index in [0.717, 1.165) is 13.0 Å². The number of carbonyl (C=O) groups excluding carboxylic acids is 1. The fourth-order valence-corrected chi connectivity index (χ4v) is 4.18. The van der Waals surface area contributed by atoms with Crippen LogP contribution in [0.4, 0.5) is 30.6 Å². The molecule has 1 N–H and O–H groups in total. The molecule has 1 amide bonds. The molecule has 4 heterocycles. The molecule has 5 rings (SSSR count). The molecule has 0 atom stereocenters. The highest BCUT2D eigenvalue weighted by atomic mass is 19.3. The molecular formula is C24H23F3N6O2. The van der Waals surface area contributed by atoms with Crippen LogP contribution in [0.5, 0.6) is 0 Å². The number of hydrogen-bond donors (Lipinski definition) is 1. The van der Waals surface area contributed by atoms with Gasteiger partial charge < -0.3 is 19.9 Å². The predicted molar refractivity (Wildman–Crippen MR) is 124 cm³/mol. The standard InChI is InChI=1S/C24H23F3N6O2/c25-19-5-2-1-4-17(19)18-6-8-28-21(32-10-7-24(26,27)14-32)20(18)31-22(34)16-12-29-23(30-13-16)33-9-3-11-35-15-33/h1-2,4-6,8,12-13H,3,7,9-11,14-15H2,(H,31,34). The van der Waals surface area contributed by atoms with Crippen LogP contribution in [0, 0.1) is 5.82 Å². The zero-order chi connectivity index (χ0) is 24.4. The summed E-state index contributed by atoms with van der Waals surface area (Å²) >= 11 is 0. The van der Waals surface area contributed by atoms with Crippen molar-refractivity contribution in [3.05, 3.63) is 60.3 Å². The number of pyridine rings is 1. The number of rotatable bonds is 5. The van der Waals surface area contributed by atoms with E-state index in [1.54, 1.807) is 24.3 Å². The normalized spacial score (nSPS) is 17.5. The van der Waals surface area contributed by atoms with Crippen LogP contribution in [-0.2, 0) is 4.74 Å². The lowest BCUT2D eigenvalue weighted by atomic mass is 10.0. The zero-order valence-corrected chi connectivity index (χ0v) is 18.8. The van der Waals surface area contributed by atoms with Gasteiger partial charge in [0.1, 0.15) is 12.5 Å². The number of anilines is 3. The van der Waals surface area contributed by atoms with Crippen molar-refractivity contribution in [2.24, 2.45) is 0 Å². The van der Waals surface area contributed by atoms with Crippen molar-refractivity contribution in [1.29, 1.82) is 0 Å². The molecule has 8 nitrogen and oxygen atoms in total. The average Bonchev–Trinajstić information content (AvgIpc) is 3.24. The van der Waals surface area contributed by atoms with Gasteiger partial charge in [0.05, 0.1) is 24.4 Å². The van der Waals surface area contributed by atoms with Crippen molar-refractivity contribution in [1.82, 2.24) is 15.0 Å². The SMILES string of the molecule is O=C(Nc1c(-c2ccccc2F)ccnc1N1CCC(F)(F)C1)c1cnc(N2CCCOC2)nc1. The molecule has 2 saturated heterocycles. The zero-order valence-electron chi connectivity index (χ0n) is 18.8. The van der Waals surface area contributed by atoms with E-state index in [9.17, 15) is 18.0 Å². The van der Waals surface area contributed by atoms with E-state index < -0.39 is 24.2 Å². The molecule has 0 spiro atoms. The largest absolute Gasteiger partial charge is 0.361 e. The maximum absolute atomic E-state index is 14.7. The van der Waals surface area contributed by atoms with Crippen LogP contribution in [0.2, 0.25) is 0 Å². The number of halogens is 3. The number of nitrogens with zero attached hydrogens (tertiary/aromatic N) is 5. The summed E-state index contributed by atoms with van der Waals surface area (Å²) in [5.41, 5.74) is 0.857. The van der Waals surface area contributed by atoms with Gasteiger partial charge in [0.25, 0.3) is 11.8 Å². The minimum absolute atomic E-state index is 0.0549. The van der Waals surface area contributed by atoms with Gasteiger partial charge in [0, 0.05) is 49.2 Å². The lowest BCUT2D eigenvalue weighted by molar-refractivity contribution is 0.0257. The van der Waals surface area contributed by atoms with Crippen LogP contribution in [0.3, 0.4) is 0 Å². The van der Waals surface area contributed by atoms with Crippen LogP contribution in [0.15, 0.2) is 48.9 Å². The molecule has 35 heavy (non-hydrogen) atoms. The Morgan fingerprint density at radius 2 is 1.83 bits per heavy atom. The van der Waals surface area contributed by atoms with E-state index in [0.29, 0.717) is 24.8 Å². The van der Waals surface area contributed by atoms with E-state index in [1.165, 1.54) is 29.6 Å². The number of benzene rings is 1. The molecule has 2 aromatic heterocycles. The number of alkyl halides is 2. The number of carbonyl (C=O) groups is 1. The van der Waals surface area contributed by atoms with Gasteiger partial charge in [-0.15, -0.1) is 0 Å². The molecule has 2 aliphatic rings. The fraction of sp³-hybridized carbons (Fsp3) is 0.333. The molecule has 0 radical (unpaired) electrons. The molecule has 11 heteroatoms. The summed E-state index contributed by atoms with van der Waals surface area (Å²) < 4.78 is 48.0. The molecule has 1 aromatic carbocycles. The van der Waals surface area contributed by atoms with Crippen molar-refractivity contribution in [3.8, 4) is 11.1 Å². The van der Waals surface area contributed by atoms with Crippen LogP contribution in [0.1, 0.15) is 23.2 Å². The first kappa shape index (κ1) is 23.0. The Morgan fingerprint density at radius 3 is 2.51 bits per heavy atom. The van der Waals surface area contributed by atoms with Crippen molar-refractivity contribution in [2.75, 3.05) is 48.1 Å². The van der Waals surface area contributed by atoms with Crippen LogP contribution < -0.4 is 15.1 Å². The number of aromatic nitrogens is 3. The highest BCUT2D eigenvalue weighted by Gasteiger charge is 2.40. The molecule has 2 aliphatic heterocycles. The van der Waals surface area contributed by atoms with E-state index in [1.807, 2.05) is 4.90 Å². The fourth-order valence-electron chi connectivity index (χ4n) is 4.18. The van der Waals surface area contributed by atoms with Crippen molar-refractivity contribution in [3.63, 3.8) is 0 Å². The lowest BCUT2D eigenvalue weighted by Gasteiger charge is -2.26. The molecule has 0 unspecified atom stereocenters. The second-order valence-electron chi connectivity index (χ2n) is 8.44. The summed E-state index contributed by atoms with van der Waals surface area (Å²) in [4.78, 5) is 29.2. The highest BCUT2D eigenvalue weighted by Crippen LogP contribution is 2.39. The van der Waals surface area contributed by atoms with Crippen LogP contribution >= 0.6 is 0 Å². The first-order chi connectivity index (χ1) is 16.9. The van der Waals surface area contributed by atoms with E-state index >= 15 is 0 Å². The summed E-state index contributed by atoms with van der Waals surface area (Å²) in [5, 5.41) is 2.75. The number of hydrogen-bond acceptors (Lipinski definition) is 7. The van der Waals surface area contributed by atoms with Gasteiger partial charge in [0.2, 0.25) is 5.95 Å². The summed E-state index contributed by atoms with van der Waals surface area (Å²) in [5.74, 6) is -3.36. The van der Waals surface area contributed by atoms with Crippen LogP contribution in [-0.4, -0.2) is 59.8 Å². The Kier molecular flexibility index (Phi) is 6.25. The Hall–Kier alpha value is -3.73. The summed E-state index contributed by atoms with van der Waals surface area (Å²) in [6.07, 6.45) is 4.71. The number of amides is 1. The Labute approximate surface area is 199 Å². The predicted octanol–water partition coefficient (Wildman–Crippen LogP) is 3.96. The number of ether oxygens (including phenoxy) is 1. The van der Waals surface area contributed by atoms with E-state index in [-0.39, 0.29) is 35.6 Å². The minimum Gasteiger partial charge on any atom is -0.361 e. The second-order valence-corrected chi connectivity index (χ2v) is 8.44. The summed E-state index contributed by atoms with van der Waals surface area (Å²) in [6, 6.07) is 7.60. The van der Waals surface area contributed by atoms with Gasteiger partial charge in [-0.25, -0.2) is 28.1 Å². The Morgan fingerprint density at radius 1 is 1.03 bits per heavy atom. The van der Waals surface area contributed by atoms with E-state index in [2.05, 4.69) is 20.3 Å². The molecule has 3 aromatic rings. The third-order valence-corrected chi connectivity index (χ3v) is 5.95. The van der Waals surface area contributed by atoms with Crippen molar-refractivity contribution in [2.45, 2.75) is 18.8 Å². The Bertz CT molecular complexity index is 1220. The van der Waals surface area contributed by atoms with Crippen LogP contribution in [0.25, 0.3) is 11.1 Å². The quantitative estimate of drug-likeness (QED) is 0.587. The van der Waals surface area contributed by atoms with Gasteiger partial charge >= 0.3 is 0 Å². The van der Waals surface area contributed by atoms with Gasteiger partial charge in [-0.05, 0) is 18.6 Å². The maximum Gasteiger partial charge on any atom is 0.266 e. The lowest BCUT2D eigenvalue weighted by Crippen LogP contribution is -2.34. The summed E-state index contributed by atoms with van der Waals surface area (Å²) in [6.45, 7) is 1.31. The second kappa shape index (κ2) is 9.49. The Balaban J connectivity index is 1.47. The summed E-state index contributed by atoms with van der Waals surface area (Å²) in [7, 11) is 0. The third-order valence-electron chi connectivity index (χ3n) is 5.95. The molecule has 0 bridgehead atoms. The molecular weight excluding hydrogens is 461 g/mol. The topological polar surface area (TPSA) is 83.5 Å². The smallest absolute Gasteiger partial charge is 0.266 e. The first-order valence-corrected chi connectivity index (χ1v) is 11.2. The monoisotopic (exact) mass is 484 g/mol. The molecule has 0 aliphatic carbocycles. The first-order valence-electron chi connectivity index (χ1n) is 11.2. The molecule has 182 valence electrons. The maximum atomic E-state index is 14.7. The van der Waals surface area contributed by atoms with Gasteiger partial charge in [-0.3, -0.25) is 4.79 Å². The third kappa shape index (κ3) is 4.90. The van der Waals surface area contributed by atoms with Gasteiger partial charge in [-0.1, -0.05) is 18.2 Å². The van der Waals surface area contributed by atoms with Gasteiger partial charge in [-0.2, -0.15) is 0 Å². The molecule has 2 fully saturated rings. The van der Waals surface area contributed by atoms with Crippen molar-refractivity contribution >= 4 is 23.4 Å². The van der Waals surface area contributed by atoms with Crippen molar-refractivity contribution < 1.29 is 22.7 Å².